The van der Waals surface area contributed by atoms with Crippen molar-refractivity contribution in [2.24, 2.45) is 0 Å². The van der Waals surface area contributed by atoms with Crippen molar-refractivity contribution < 1.29 is 32.2 Å². The highest BCUT2D eigenvalue weighted by atomic mass is 19.4. The maximum Gasteiger partial charge on any atom is 0.431 e. The molecular formula is C14H14F3NO4. The summed E-state index contributed by atoms with van der Waals surface area (Å²) in [6.07, 6.45) is -4.40. The maximum atomic E-state index is 12.8. The summed E-state index contributed by atoms with van der Waals surface area (Å²) in [6.45, 7) is 0. The van der Waals surface area contributed by atoms with E-state index >= 15 is 0 Å². The molecule has 22 heavy (non-hydrogen) atoms. The van der Waals surface area contributed by atoms with E-state index in [1.165, 1.54) is 31.4 Å². The summed E-state index contributed by atoms with van der Waals surface area (Å²) in [4.78, 5) is 22.1. The van der Waals surface area contributed by atoms with Gasteiger partial charge in [-0.1, -0.05) is 12.1 Å². The van der Waals surface area contributed by atoms with Gasteiger partial charge in [0.05, 0.1) is 26.7 Å². The smallest absolute Gasteiger partial charge is 0.431 e. The quantitative estimate of drug-likeness (QED) is 0.667. The number of benzene rings is 1. The summed E-state index contributed by atoms with van der Waals surface area (Å²) in [6, 6.07) is 5.67. The lowest BCUT2D eigenvalue weighted by Crippen LogP contribution is -2.20. The molecule has 0 radical (unpaired) electrons. The Hall–Kier alpha value is -2.51. The zero-order valence-electron chi connectivity index (χ0n) is 11.9. The van der Waals surface area contributed by atoms with Crippen LogP contribution in [0.1, 0.15) is 5.56 Å². The molecule has 0 unspecified atom stereocenters. The SMILES string of the molecule is COC(=O)C=C(Nc1ccc(CC(=O)OC)cc1)C(F)(F)F. The highest BCUT2D eigenvalue weighted by Gasteiger charge is 2.34. The zero-order valence-corrected chi connectivity index (χ0v) is 11.9. The average molecular weight is 317 g/mol. The van der Waals surface area contributed by atoms with Gasteiger partial charge in [0.15, 0.2) is 0 Å². The molecule has 0 amide bonds. The zero-order chi connectivity index (χ0) is 16.8. The molecule has 0 heterocycles. The number of carbonyl (C=O) groups excluding carboxylic acids is 2. The van der Waals surface area contributed by atoms with Crippen molar-refractivity contribution in [2.45, 2.75) is 12.6 Å². The van der Waals surface area contributed by atoms with Crippen LogP contribution in [0, 0.1) is 0 Å². The Balaban J connectivity index is 2.89. The topological polar surface area (TPSA) is 64.6 Å². The standard InChI is InChI=1S/C14H14F3NO4/c1-21-12(19)7-9-3-5-10(6-4-9)18-11(14(15,16)17)8-13(20)22-2/h3-6,8,18H,7H2,1-2H3. The van der Waals surface area contributed by atoms with E-state index in [-0.39, 0.29) is 12.1 Å². The molecule has 0 atom stereocenters. The Morgan fingerprint density at radius 3 is 2.18 bits per heavy atom. The Kier molecular flexibility index (Phi) is 5.97. The first kappa shape index (κ1) is 17.5. The molecule has 120 valence electrons. The van der Waals surface area contributed by atoms with Crippen LogP contribution in [0.3, 0.4) is 0 Å². The van der Waals surface area contributed by atoms with Crippen LogP contribution in [0.5, 0.6) is 0 Å². The molecule has 0 saturated heterocycles. The van der Waals surface area contributed by atoms with Crippen molar-refractivity contribution in [3.05, 3.63) is 41.6 Å². The molecule has 8 heteroatoms. The number of ether oxygens (including phenoxy) is 2. The van der Waals surface area contributed by atoms with Crippen LogP contribution in [-0.2, 0) is 25.5 Å². The summed E-state index contributed by atoms with van der Waals surface area (Å²) < 4.78 is 47.1. The number of hydrogen-bond donors (Lipinski definition) is 1. The summed E-state index contributed by atoms with van der Waals surface area (Å²) >= 11 is 0. The van der Waals surface area contributed by atoms with Crippen molar-refractivity contribution in [1.29, 1.82) is 0 Å². The number of methoxy groups -OCH3 is 2. The number of carbonyl (C=O) groups is 2. The van der Waals surface area contributed by atoms with Gasteiger partial charge in [-0.25, -0.2) is 4.79 Å². The van der Waals surface area contributed by atoms with Crippen LogP contribution in [0.2, 0.25) is 0 Å². The fourth-order valence-electron chi connectivity index (χ4n) is 1.47. The second kappa shape index (κ2) is 7.48. The van der Waals surface area contributed by atoms with Crippen LogP contribution >= 0.6 is 0 Å². The summed E-state index contributed by atoms with van der Waals surface area (Å²) in [7, 11) is 2.22. The molecular weight excluding hydrogens is 303 g/mol. The van der Waals surface area contributed by atoms with Gasteiger partial charge in [0.1, 0.15) is 5.70 Å². The van der Waals surface area contributed by atoms with Gasteiger partial charge in [-0.05, 0) is 17.7 Å². The van der Waals surface area contributed by atoms with E-state index in [4.69, 9.17) is 0 Å². The van der Waals surface area contributed by atoms with Crippen molar-refractivity contribution in [3.8, 4) is 0 Å². The summed E-state index contributed by atoms with van der Waals surface area (Å²) in [5, 5.41) is 2.10. The molecule has 0 fully saturated rings. The molecule has 0 spiro atoms. The van der Waals surface area contributed by atoms with Crippen LogP contribution in [0.15, 0.2) is 36.0 Å². The molecule has 0 aromatic heterocycles. The van der Waals surface area contributed by atoms with Crippen molar-refractivity contribution in [2.75, 3.05) is 19.5 Å². The van der Waals surface area contributed by atoms with E-state index in [9.17, 15) is 22.8 Å². The number of esters is 2. The molecule has 0 aliphatic heterocycles. The van der Waals surface area contributed by atoms with E-state index in [1.807, 2.05) is 0 Å². The Morgan fingerprint density at radius 1 is 1.14 bits per heavy atom. The van der Waals surface area contributed by atoms with Gasteiger partial charge in [0, 0.05) is 5.69 Å². The molecule has 1 N–H and O–H groups in total. The van der Waals surface area contributed by atoms with Crippen LogP contribution in [-0.4, -0.2) is 32.3 Å². The van der Waals surface area contributed by atoms with Crippen molar-refractivity contribution in [3.63, 3.8) is 0 Å². The summed E-state index contributed by atoms with van der Waals surface area (Å²) in [5.74, 6) is -1.58. The van der Waals surface area contributed by atoms with Gasteiger partial charge >= 0.3 is 18.1 Å². The van der Waals surface area contributed by atoms with E-state index in [2.05, 4.69) is 14.8 Å². The van der Waals surface area contributed by atoms with Gasteiger partial charge < -0.3 is 14.8 Å². The second-order valence-electron chi connectivity index (χ2n) is 4.15. The molecule has 0 aliphatic rings. The van der Waals surface area contributed by atoms with Crippen molar-refractivity contribution >= 4 is 17.6 Å². The van der Waals surface area contributed by atoms with Crippen LogP contribution < -0.4 is 5.32 Å². The number of rotatable bonds is 5. The molecule has 0 saturated carbocycles. The Labute approximate surface area is 124 Å². The third-order valence-electron chi connectivity index (χ3n) is 2.58. The largest absolute Gasteiger partial charge is 0.469 e. The first-order valence-corrected chi connectivity index (χ1v) is 6.06. The van der Waals surface area contributed by atoms with Gasteiger partial charge in [0.25, 0.3) is 0 Å². The number of allylic oxidation sites excluding steroid dienone is 1. The lowest BCUT2D eigenvalue weighted by Gasteiger charge is -2.14. The van der Waals surface area contributed by atoms with Gasteiger partial charge in [0.2, 0.25) is 0 Å². The van der Waals surface area contributed by atoms with E-state index in [0.29, 0.717) is 11.6 Å². The summed E-state index contributed by atoms with van der Waals surface area (Å²) in [5.41, 5.74) is -0.552. The lowest BCUT2D eigenvalue weighted by atomic mass is 10.1. The van der Waals surface area contributed by atoms with Gasteiger partial charge in [-0.15, -0.1) is 0 Å². The highest BCUT2D eigenvalue weighted by molar-refractivity contribution is 5.83. The van der Waals surface area contributed by atoms with E-state index < -0.39 is 23.8 Å². The fraction of sp³-hybridized carbons (Fsp3) is 0.286. The number of halogens is 3. The highest BCUT2D eigenvalue weighted by Crippen LogP contribution is 2.27. The maximum absolute atomic E-state index is 12.8. The number of hydrogen-bond acceptors (Lipinski definition) is 5. The van der Waals surface area contributed by atoms with Gasteiger partial charge in [-0.2, -0.15) is 13.2 Å². The first-order chi connectivity index (χ1) is 10.3. The van der Waals surface area contributed by atoms with E-state index in [0.717, 1.165) is 7.11 Å². The van der Waals surface area contributed by atoms with Crippen LogP contribution in [0.25, 0.3) is 0 Å². The molecule has 0 bridgehead atoms. The predicted molar refractivity (Wildman–Crippen MR) is 71.9 cm³/mol. The van der Waals surface area contributed by atoms with Gasteiger partial charge in [-0.3, -0.25) is 4.79 Å². The minimum Gasteiger partial charge on any atom is -0.469 e. The fourth-order valence-corrected chi connectivity index (χ4v) is 1.47. The Morgan fingerprint density at radius 2 is 1.73 bits per heavy atom. The Bertz CT molecular complexity index is 564. The average Bonchev–Trinajstić information content (AvgIpc) is 2.47. The molecule has 0 aliphatic carbocycles. The monoisotopic (exact) mass is 317 g/mol. The number of nitrogens with one attached hydrogen (secondary N) is 1. The van der Waals surface area contributed by atoms with E-state index in [1.54, 1.807) is 0 Å². The third kappa shape index (κ3) is 5.47. The second-order valence-corrected chi connectivity index (χ2v) is 4.15. The predicted octanol–water partition coefficient (Wildman–Crippen LogP) is 2.43. The minimum atomic E-state index is -4.74. The molecule has 1 aromatic carbocycles. The minimum absolute atomic E-state index is 0.0148. The molecule has 1 aromatic rings. The normalized spacial score (nSPS) is 11.8. The lowest BCUT2D eigenvalue weighted by molar-refractivity contribution is -0.139. The van der Waals surface area contributed by atoms with Crippen molar-refractivity contribution in [1.82, 2.24) is 0 Å². The molecule has 5 nitrogen and oxygen atoms in total. The first-order valence-electron chi connectivity index (χ1n) is 6.06. The van der Waals surface area contributed by atoms with Crippen LogP contribution in [0.4, 0.5) is 18.9 Å². The number of alkyl halides is 3. The molecule has 1 rings (SSSR count). The number of anilines is 1. The third-order valence-corrected chi connectivity index (χ3v) is 2.58.